The Labute approximate surface area is 165 Å². The fraction of sp³-hybridized carbons (Fsp3) is 0.450. The van der Waals surface area contributed by atoms with Crippen LogP contribution in [0.3, 0.4) is 0 Å². The number of nitrogens with two attached hydrogens (primary N) is 1. The molecule has 1 aliphatic carbocycles. The van der Waals surface area contributed by atoms with Gasteiger partial charge in [0.15, 0.2) is 0 Å². The van der Waals surface area contributed by atoms with Gasteiger partial charge in [-0.3, -0.25) is 9.52 Å². The van der Waals surface area contributed by atoms with E-state index in [0.29, 0.717) is 16.5 Å². The van der Waals surface area contributed by atoms with Crippen molar-refractivity contribution in [2.24, 2.45) is 11.7 Å². The number of carbonyl (C=O) groups is 1. The van der Waals surface area contributed by atoms with Crippen LogP contribution in [0.1, 0.15) is 60.5 Å². The molecule has 0 radical (unpaired) electrons. The van der Waals surface area contributed by atoms with Crippen molar-refractivity contribution >= 4 is 32.3 Å². The molecule has 1 atom stereocenters. The van der Waals surface area contributed by atoms with Crippen LogP contribution in [0.2, 0.25) is 0 Å². The van der Waals surface area contributed by atoms with E-state index in [1.807, 2.05) is 12.1 Å². The first-order chi connectivity index (χ1) is 12.5. The number of hydrogen-bond acceptors (Lipinski definition) is 4. The topological polar surface area (TPSA) is 89.3 Å². The minimum atomic E-state index is -3.79. The van der Waals surface area contributed by atoms with Crippen molar-refractivity contribution in [3.63, 3.8) is 0 Å². The quantitative estimate of drug-likeness (QED) is 0.802. The number of carbonyl (C=O) groups excluding carboxylic acids is 1. The van der Waals surface area contributed by atoms with Gasteiger partial charge < -0.3 is 5.73 Å². The second-order valence-electron chi connectivity index (χ2n) is 8.30. The summed E-state index contributed by atoms with van der Waals surface area (Å²) in [5, 5.41) is 0.335. The van der Waals surface area contributed by atoms with Crippen LogP contribution in [0.5, 0.6) is 0 Å². The second kappa shape index (κ2) is 6.95. The predicted molar refractivity (Wildman–Crippen MR) is 110 cm³/mol. The lowest BCUT2D eigenvalue weighted by molar-refractivity contribution is 0.100. The fourth-order valence-corrected chi connectivity index (χ4v) is 6.12. The Morgan fingerprint density at radius 3 is 2.41 bits per heavy atom. The molecular formula is C20H26N2O3S2. The highest BCUT2D eigenvalue weighted by Gasteiger charge is 2.29. The summed E-state index contributed by atoms with van der Waals surface area (Å²) in [6.45, 7) is 8.38. The second-order valence-corrected chi connectivity index (χ2v) is 11.1. The van der Waals surface area contributed by atoms with Crippen LogP contribution in [-0.2, 0) is 28.3 Å². The van der Waals surface area contributed by atoms with Crippen molar-refractivity contribution in [2.75, 3.05) is 4.72 Å². The molecule has 27 heavy (non-hydrogen) atoms. The molecule has 3 N–H and O–H groups in total. The number of hydrogen-bond donors (Lipinski definition) is 2. The number of amides is 1. The maximum absolute atomic E-state index is 12.9. The maximum Gasteiger partial charge on any atom is 0.262 e. The van der Waals surface area contributed by atoms with Crippen molar-refractivity contribution in [3.05, 3.63) is 45.8 Å². The Kier molecular flexibility index (Phi) is 5.12. The Morgan fingerprint density at radius 1 is 1.22 bits per heavy atom. The molecule has 0 aliphatic heterocycles. The van der Waals surface area contributed by atoms with E-state index in [1.54, 1.807) is 12.1 Å². The first kappa shape index (κ1) is 19.9. The molecular weight excluding hydrogens is 380 g/mol. The average molecular weight is 407 g/mol. The molecule has 146 valence electrons. The van der Waals surface area contributed by atoms with E-state index >= 15 is 0 Å². The van der Waals surface area contributed by atoms with Crippen LogP contribution in [0.25, 0.3) is 0 Å². The summed E-state index contributed by atoms with van der Waals surface area (Å²) >= 11 is 1.33. The summed E-state index contributed by atoms with van der Waals surface area (Å²) in [5.74, 6) is -0.0610. The van der Waals surface area contributed by atoms with Crippen molar-refractivity contribution in [1.29, 1.82) is 0 Å². The highest BCUT2D eigenvalue weighted by molar-refractivity contribution is 7.93. The maximum atomic E-state index is 12.9. The molecule has 0 saturated carbocycles. The summed E-state index contributed by atoms with van der Waals surface area (Å²) in [7, 11) is -3.79. The Bertz CT molecular complexity index is 968. The third-order valence-electron chi connectivity index (χ3n) is 5.02. The van der Waals surface area contributed by atoms with Crippen LogP contribution < -0.4 is 10.5 Å². The van der Waals surface area contributed by atoms with Crippen molar-refractivity contribution < 1.29 is 13.2 Å². The molecule has 3 rings (SSSR count). The van der Waals surface area contributed by atoms with Crippen molar-refractivity contribution in [1.82, 2.24) is 0 Å². The van der Waals surface area contributed by atoms with E-state index in [9.17, 15) is 13.2 Å². The van der Waals surface area contributed by atoms with E-state index in [2.05, 4.69) is 32.4 Å². The summed E-state index contributed by atoms with van der Waals surface area (Å²) in [6, 6.07) is 6.85. The van der Waals surface area contributed by atoms with Gasteiger partial charge in [-0.1, -0.05) is 39.8 Å². The van der Waals surface area contributed by atoms with Gasteiger partial charge in [0, 0.05) is 4.88 Å². The SMILES string of the molecule is C[C@H]1CCc2c(sc(NS(=O)(=O)c3ccc(C(C)(C)C)cc3)c2C(N)=O)C1. The van der Waals surface area contributed by atoms with Gasteiger partial charge in [0.25, 0.3) is 15.9 Å². The molecule has 1 aromatic heterocycles. The van der Waals surface area contributed by atoms with Crippen LogP contribution >= 0.6 is 11.3 Å². The lowest BCUT2D eigenvalue weighted by Gasteiger charge is -2.19. The van der Waals surface area contributed by atoms with E-state index in [0.717, 1.165) is 35.3 Å². The lowest BCUT2D eigenvalue weighted by atomic mass is 9.87. The molecule has 0 fully saturated rings. The first-order valence-electron chi connectivity index (χ1n) is 9.06. The fourth-order valence-electron chi connectivity index (χ4n) is 3.40. The number of nitrogens with one attached hydrogen (secondary N) is 1. The first-order valence-corrected chi connectivity index (χ1v) is 11.4. The zero-order valence-electron chi connectivity index (χ0n) is 16.1. The van der Waals surface area contributed by atoms with Gasteiger partial charge in [0.1, 0.15) is 5.00 Å². The van der Waals surface area contributed by atoms with Gasteiger partial charge in [-0.25, -0.2) is 8.42 Å². The number of sulfonamides is 1. The van der Waals surface area contributed by atoms with Gasteiger partial charge in [-0.15, -0.1) is 11.3 Å². The molecule has 1 heterocycles. The summed E-state index contributed by atoms with van der Waals surface area (Å²) < 4.78 is 28.3. The molecule has 0 spiro atoms. The highest BCUT2D eigenvalue weighted by Crippen LogP contribution is 2.40. The zero-order chi connectivity index (χ0) is 20.0. The zero-order valence-corrected chi connectivity index (χ0v) is 17.8. The molecule has 1 aliphatic rings. The van der Waals surface area contributed by atoms with Crippen molar-refractivity contribution in [2.45, 2.75) is 57.3 Å². The number of benzene rings is 1. The largest absolute Gasteiger partial charge is 0.365 e. The summed E-state index contributed by atoms with van der Waals surface area (Å²) in [5.41, 5.74) is 7.81. The molecule has 0 unspecified atom stereocenters. The Balaban J connectivity index is 1.95. The normalized spacial score (nSPS) is 17.4. The summed E-state index contributed by atoms with van der Waals surface area (Å²) in [4.78, 5) is 13.2. The summed E-state index contributed by atoms with van der Waals surface area (Å²) in [6.07, 6.45) is 2.58. The molecule has 7 heteroatoms. The number of thiophene rings is 1. The Hall–Kier alpha value is -1.86. The lowest BCUT2D eigenvalue weighted by Crippen LogP contribution is -2.19. The predicted octanol–water partition coefficient (Wildman–Crippen LogP) is 4.07. The van der Waals surface area contributed by atoms with Gasteiger partial charge in [-0.2, -0.15) is 0 Å². The third-order valence-corrected chi connectivity index (χ3v) is 7.68. The highest BCUT2D eigenvalue weighted by atomic mass is 32.2. The van der Waals surface area contributed by atoms with Gasteiger partial charge in [0.2, 0.25) is 0 Å². The van der Waals surface area contributed by atoms with Gasteiger partial charge >= 0.3 is 0 Å². The monoisotopic (exact) mass is 406 g/mol. The molecule has 0 bridgehead atoms. The molecule has 5 nitrogen and oxygen atoms in total. The van der Waals surface area contributed by atoms with Crippen molar-refractivity contribution in [3.8, 4) is 0 Å². The molecule has 0 saturated heterocycles. The van der Waals surface area contributed by atoms with E-state index < -0.39 is 15.9 Å². The van der Waals surface area contributed by atoms with Crippen LogP contribution in [0.15, 0.2) is 29.2 Å². The van der Waals surface area contributed by atoms with Gasteiger partial charge in [-0.05, 0) is 53.9 Å². The van der Waals surface area contributed by atoms with Crippen LogP contribution in [0, 0.1) is 5.92 Å². The number of fused-ring (bicyclic) bond motifs is 1. The number of primary amides is 1. The van der Waals surface area contributed by atoms with Crippen LogP contribution in [-0.4, -0.2) is 14.3 Å². The Morgan fingerprint density at radius 2 is 1.85 bits per heavy atom. The standard InChI is InChI=1S/C20H26N2O3S2/c1-12-5-10-15-16(11-12)26-19(17(15)18(21)23)22-27(24,25)14-8-6-13(7-9-14)20(2,3)4/h6-9,12,22H,5,10-11H2,1-4H3,(H2,21,23)/t12-/m0/s1. The van der Waals surface area contributed by atoms with Gasteiger partial charge in [0.05, 0.1) is 10.5 Å². The number of anilines is 1. The minimum Gasteiger partial charge on any atom is -0.365 e. The molecule has 2 aromatic rings. The minimum absolute atomic E-state index is 0.0572. The smallest absolute Gasteiger partial charge is 0.262 e. The average Bonchev–Trinajstić information content (AvgIpc) is 2.90. The molecule has 1 amide bonds. The van der Waals surface area contributed by atoms with E-state index in [-0.39, 0.29) is 10.3 Å². The van der Waals surface area contributed by atoms with E-state index in [1.165, 1.54) is 11.3 Å². The molecule has 1 aromatic carbocycles. The third kappa shape index (κ3) is 4.04. The van der Waals surface area contributed by atoms with Crippen LogP contribution in [0.4, 0.5) is 5.00 Å². The van der Waals surface area contributed by atoms with E-state index in [4.69, 9.17) is 5.73 Å². The number of rotatable bonds is 4.